The molecule has 1 heterocycles. The van der Waals surface area contributed by atoms with Crippen LogP contribution < -0.4 is 16.4 Å². The second-order valence-corrected chi connectivity index (χ2v) is 10.5. The smallest absolute Gasteiger partial charge is 0.354 e. The highest BCUT2D eigenvalue weighted by atomic mass is 32.2. The van der Waals surface area contributed by atoms with Gasteiger partial charge in [0.15, 0.2) is 0 Å². The third-order valence-electron chi connectivity index (χ3n) is 6.11. The number of nitrogens with one attached hydrogen (secondary N) is 2. The lowest BCUT2D eigenvalue weighted by Gasteiger charge is -2.37. The topological polar surface area (TPSA) is 129 Å². The summed E-state index contributed by atoms with van der Waals surface area (Å²) in [4.78, 5) is 42.1. The molecule has 4 N–H and O–H groups in total. The van der Waals surface area contributed by atoms with Gasteiger partial charge in [-0.2, -0.15) is 10.1 Å². The number of hydrogen-bond acceptors (Lipinski definition) is 7. The summed E-state index contributed by atoms with van der Waals surface area (Å²) in [5.41, 5.74) is 6.16. The number of thioether (sulfide) groups is 1. The minimum absolute atomic E-state index is 0.0772. The molecule has 4 amide bonds. The van der Waals surface area contributed by atoms with Gasteiger partial charge in [-0.3, -0.25) is 14.4 Å². The Hall–Kier alpha value is -3.55. The Morgan fingerprint density at radius 3 is 2.50 bits per heavy atom. The zero-order valence-electron chi connectivity index (χ0n) is 22.8. The Morgan fingerprint density at radius 2 is 1.85 bits per heavy atom. The first-order valence-corrected chi connectivity index (χ1v) is 13.6. The van der Waals surface area contributed by atoms with Crippen molar-refractivity contribution >= 4 is 34.7 Å². The Kier molecular flexibility index (Phi) is 10.6. The maximum Gasteiger partial charge on any atom is 0.365 e. The van der Waals surface area contributed by atoms with Crippen molar-refractivity contribution in [3.63, 3.8) is 0 Å². The normalized spacial score (nSPS) is 18.1. The van der Waals surface area contributed by atoms with Crippen LogP contribution in [0.4, 0.5) is 13.6 Å². The van der Waals surface area contributed by atoms with Gasteiger partial charge >= 0.3 is 6.03 Å². The second-order valence-electron chi connectivity index (χ2n) is 9.20. The standard InChI is InChI=1S/C27H34F2N6O4S/c1-5-39-34(4)26(38)35-27(19-10-7-6-8-11-19,40-25(33-35)21-16-20(28)12-13-22(21)29)14-9-15-31-24(37)18(3)32-23(36)17(2)30/h6-8,10-13,16-18H,5,9,14-15,30H2,1-4H3,(H,31,37)(H,32,36)/t17-,18-,27?/m0/s1. The average molecular weight is 577 g/mol. The van der Waals surface area contributed by atoms with Crippen LogP contribution in [0.15, 0.2) is 53.6 Å². The number of amides is 4. The van der Waals surface area contributed by atoms with Crippen LogP contribution >= 0.6 is 11.8 Å². The minimum Gasteiger partial charge on any atom is -0.354 e. The molecule has 0 fully saturated rings. The number of nitrogens with zero attached hydrogens (tertiary/aromatic N) is 3. The molecule has 0 bridgehead atoms. The molecule has 40 heavy (non-hydrogen) atoms. The molecule has 0 aliphatic carbocycles. The number of rotatable bonds is 11. The van der Waals surface area contributed by atoms with E-state index in [1.165, 1.54) is 19.0 Å². The van der Waals surface area contributed by atoms with Crippen LogP contribution in [0.2, 0.25) is 0 Å². The quantitative estimate of drug-likeness (QED) is 0.278. The third kappa shape index (κ3) is 7.14. The fraction of sp³-hybridized carbons (Fsp3) is 0.407. The summed E-state index contributed by atoms with van der Waals surface area (Å²) in [5, 5.41) is 12.2. The highest BCUT2D eigenvalue weighted by Crippen LogP contribution is 2.51. The maximum absolute atomic E-state index is 14.8. The predicted molar refractivity (Wildman–Crippen MR) is 149 cm³/mol. The molecule has 2 aromatic carbocycles. The van der Waals surface area contributed by atoms with Crippen molar-refractivity contribution in [1.29, 1.82) is 0 Å². The van der Waals surface area contributed by atoms with Gasteiger partial charge in [0.1, 0.15) is 27.6 Å². The maximum atomic E-state index is 14.8. The van der Waals surface area contributed by atoms with Crippen molar-refractivity contribution in [2.45, 2.75) is 50.6 Å². The summed E-state index contributed by atoms with van der Waals surface area (Å²) in [5.74, 6) is -2.18. The summed E-state index contributed by atoms with van der Waals surface area (Å²) in [6, 6.07) is 9.96. The van der Waals surface area contributed by atoms with Gasteiger partial charge in [-0.1, -0.05) is 42.1 Å². The predicted octanol–water partition coefficient (Wildman–Crippen LogP) is 3.28. The fourth-order valence-corrected chi connectivity index (χ4v) is 5.44. The van der Waals surface area contributed by atoms with Crippen LogP contribution in [0.25, 0.3) is 0 Å². The van der Waals surface area contributed by atoms with E-state index in [1.807, 2.05) is 18.2 Å². The van der Waals surface area contributed by atoms with E-state index in [9.17, 15) is 23.2 Å². The van der Waals surface area contributed by atoms with Gasteiger partial charge in [0, 0.05) is 19.2 Å². The summed E-state index contributed by atoms with van der Waals surface area (Å²) < 4.78 is 28.9. The van der Waals surface area contributed by atoms with E-state index >= 15 is 0 Å². The number of halogens is 2. The van der Waals surface area contributed by atoms with Gasteiger partial charge < -0.3 is 16.4 Å². The molecular weight excluding hydrogens is 542 g/mol. The number of urea groups is 1. The molecule has 3 rings (SSSR count). The third-order valence-corrected chi connectivity index (χ3v) is 7.56. The van der Waals surface area contributed by atoms with Crippen LogP contribution in [-0.2, 0) is 19.3 Å². The van der Waals surface area contributed by atoms with Crippen LogP contribution in [0.5, 0.6) is 0 Å². The van der Waals surface area contributed by atoms with Gasteiger partial charge in [-0.05, 0) is 57.4 Å². The zero-order valence-corrected chi connectivity index (χ0v) is 23.6. The number of hydroxylamine groups is 2. The molecule has 216 valence electrons. The fourth-order valence-electron chi connectivity index (χ4n) is 4.03. The second kappa shape index (κ2) is 13.7. The summed E-state index contributed by atoms with van der Waals surface area (Å²) in [7, 11) is 1.45. The lowest BCUT2D eigenvalue weighted by Crippen LogP contribution is -2.50. The molecule has 10 nitrogen and oxygen atoms in total. The average Bonchev–Trinajstić information content (AvgIpc) is 3.32. The Bertz CT molecular complexity index is 1250. The molecule has 1 aliphatic rings. The highest BCUT2D eigenvalue weighted by molar-refractivity contribution is 8.15. The number of hydrazone groups is 1. The van der Waals surface area contributed by atoms with Gasteiger partial charge in [0.25, 0.3) is 0 Å². The van der Waals surface area contributed by atoms with Crippen LogP contribution in [0.3, 0.4) is 0 Å². The first-order chi connectivity index (χ1) is 19.0. The number of hydrogen-bond donors (Lipinski definition) is 3. The zero-order chi connectivity index (χ0) is 29.4. The van der Waals surface area contributed by atoms with Crippen molar-refractivity contribution in [2.24, 2.45) is 10.8 Å². The molecule has 0 aromatic heterocycles. The monoisotopic (exact) mass is 576 g/mol. The van der Waals surface area contributed by atoms with E-state index in [1.54, 1.807) is 26.0 Å². The molecule has 0 saturated carbocycles. The molecule has 1 aliphatic heterocycles. The molecule has 0 spiro atoms. The van der Waals surface area contributed by atoms with Gasteiger partial charge in [0.05, 0.1) is 12.6 Å². The number of carbonyl (C=O) groups is 3. The van der Waals surface area contributed by atoms with Crippen molar-refractivity contribution in [1.82, 2.24) is 20.7 Å². The van der Waals surface area contributed by atoms with Gasteiger partial charge in [0.2, 0.25) is 11.8 Å². The summed E-state index contributed by atoms with van der Waals surface area (Å²) >= 11 is 1.12. The van der Waals surface area contributed by atoms with E-state index in [-0.39, 0.29) is 30.2 Å². The first-order valence-electron chi connectivity index (χ1n) is 12.8. The van der Waals surface area contributed by atoms with E-state index in [2.05, 4.69) is 15.7 Å². The lowest BCUT2D eigenvalue weighted by molar-refractivity contribution is -0.129. The Morgan fingerprint density at radius 1 is 1.15 bits per heavy atom. The van der Waals surface area contributed by atoms with E-state index in [0.717, 1.165) is 35.0 Å². The Labute approximate surface area is 236 Å². The number of nitrogens with two attached hydrogens (primary N) is 1. The van der Waals surface area contributed by atoms with Gasteiger partial charge in [-0.25, -0.2) is 18.6 Å². The largest absolute Gasteiger partial charge is 0.365 e. The summed E-state index contributed by atoms with van der Waals surface area (Å²) in [6.45, 7) is 5.22. The van der Waals surface area contributed by atoms with Crippen molar-refractivity contribution in [2.75, 3.05) is 20.2 Å². The number of carbonyl (C=O) groups excluding carboxylic acids is 3. The van der Waals surface area contributed by atoms with E-state index in [4.69, 9.17) is 10.6 Å². The van der Waals surface area contributed by atoms with Crippen molar-refractivity contribution in [3.05, 3.63) is 71.3 Å². The van der Waals surface area contributed by atoms with Crippen LogP contribution in [0.1, 0.15) is 44.7 Å². The molecule has 0 saturated heterocycles. The van der Waals surface area contributed by atoms with Gasteiger partial charge in [-0.15, -0.1) is 0 Å². The highest BCUT2D eigenvalue weighted by Gasteiger charge is 2.49. The molecule has 1 unspecified atom stereocenters. The van der Waals surface area contributed by atoms with E-state index in [0.29, 0.717) is 12.0 Å². The van der Waals surface area contributed by atoms with E-state index < -0.39 is 46.4 Å². The molecule has 0 radical (unpaired) electrons. The number of benzene rings is 2. The molecule has 2 aromatic rings. The van der Waals surface area contributed by atoms with Crippen LogP contribution in [0, 0.1) is 11.6 Å². The molecule has 13 heteroatoms. The first kappa shape index (κ1) is 31.0. The minimum atomic E-state index is -1.17. The van der Waals surface area contributed by atoms with Crippen molar-refractivity contribution < 1.29 is 28.0 Å². The lowest BCUT2D eigenvalue weighted by atomic mass is 10.0. The van der Waals surface area contributed by atoms with Crippen LogP contribution in [-0.4, -0.2) is 65.2 Å². The van der Waals surface area contributed by atoms with Crippen molar-refractivity contribution in [3.8, 4) is 0 Å². The Balaban J connectivity index is 1.90. The SMILES string of the molecule is CCON(C)C(=O)N1N=C(c2cc(F)ccc2F)SC1(CCCNC(=O)[C@H](C)NC(=O)[C@H](C)N)c1ccccc1. The molecular formula is C27H34F2N6O4S. The summed E-state index contributed by atoms with van der Waals surface area (Å²) in [6.07, 6.45) is 0.649. The molecule has 3 atom stereocenters.